The molecule has 136 valence electrons. The van der Waals surface area contributed by atoms with Gasteiger partial charge in [0.2, 0.25) is 5.91 Å². The van der Waals surface area contributed by atoms with Gasteiger partial charge >= 0.3 is 0 Å². The van der Waals surface area contributed by atoms with E-state index in [4.69, 9.17) is 0 Å². The minimum Gasteiger partial charge on any atom is -0.356 e. The van der Waals surface area contributed by atoms with Gasteiger partial charge in [0.15, 0.2) is 5.96 Å². The van der Waals surface area contributed by atoms with Crippen LogP contribution in [0.2, 0.25) is 0 Å². The first-order valence-corrected chi connectivity index (χ1v) is 9.02. The number of aliphatic imine (C=N–C) groups is 1. The zero-order valence-corrected chi connectivity index (χ0v) is 15.3. The molecule has 1 heterocycles. The Balaban J connectivity index is 1.62. The Morgan fingerprint density at radius 1 is 1.24 bits per heavy atom. The van der Waals surface area contributed by atoms with Gasteiger partial charge in [-0.3, -0.25) is 9.79 Å². The monoisotopic (exact) mass is 343 g/mol. The van der Waals surface area contributed by atoms with Gasteiger partial charge in [0, 0.05) is 32.8 Å². The van der Waals surface area contributed by atoms with Crippen LogP contribution in [0.25, 0.3) is 0 Å². The number of amides is 1. The van der Waals surface area contributed by atoms with Crippen LogP contribution in [0.5, 0.6) is 0 Å². The Bertz CT molecular complexity index is 607. The predicted molar refractivity (Wildman–Crippen MR) is 103 cm³/mol. The maximum Gasteiger partial charge on any atom is 0.227 e. The summed E-state index contributed by atoms with van der Waals surface area (Å²) in [7, 11) is 1.74. The van der Waals surface area contributed by atoms with Crippen LogP contribution in [-0.2, 0) is 4.79 Å². The summed E-state index contributed by atoms with van der Waals surface area (Å²) >= 11 is 0. The van der Waals surface area contributed by atoms with Crippen molar-refractivity contribution in [2.75, 3.05) is 25.5 Å². The molecule has 2 rings (SSSR count). The largest absolute Gasteiger partial charge is 0.356 e. The molecule has 6 heteroatoms. The highest BCUT2D eigenvalue weighted by Gasteiger charge is 2.06. The molecule has 0 atom stereocenters. The van der Waals surface area contributed by atoms with Crippen molar-refractivity contribution in [1.29, 1.82) is 0 Å². The molecule has 0 spiro atoms. The summed E-state index contributed by atoms with van der Waals surface area (Å²) in [6, 6.07) is 3.73. The van der Waals surface area contributed by atoms with Crippen LogP contribution < -0.4 is 16.0 Å². The molecule has 0 radical (unpaired) electrons. The van der Waals surface area contributed by atoms with E-state index in [0.29, 0.717) is 18.8 Å². The van der Waals surface area contributed by atoms with Crippen LogP contribution in [0.3, 0.4) is 0 Å². The van der Waals surface area contributed by atoms with Gasteiger partial charge in [-0.15, -0.1) is 0 Å². The Labute approximate surface area is 150 Å². The third kappa shape index (κ3) is 7.37. The number of aromatic nitrogens is 1. The minimum atomic E-state index is -0.0633. The molecular weight excluding hydrogens is 314 g/mol. The SMILES string of the molecule is CN=C(NCCC(=O)Nc1ccc(C)cn1)NCCC1=CCCCC1. The van der Waals surface area contributed by atoms with E-state index in [1.54, 1.807) is 24.9 Å². The lowest BCUT2D eigenvalue weighted by atomic mass is 9.97. The maximum atomic E-state index is 11.9. The Kier molecular flexibility index (Phi) is 7.95. The highest BCUT2D eigenvalue weighted by molar-refractivity contribution is 5.90. The lowest BCUT2D eigenvalue weighted by molar-refractivity contribution is -0.116. The average molecular weight is 343 g/mol. The molecule has 3 N–H and O–H groups in total. The van der Waals surface area contributed by atoms with Crippen molar-refractivity contribution in [2.24, 2.45) is 4.99 Å². The van der Waals surface area contributed by atoms with Gasteiger partial charge in [-0.2, -0.15) is 0 Å². The highest BCUT2D eigenvalue weighted by Crippen LogP contribution is 2.19. The Morgan fingerprint density at radius 2 is 2.08 bits per heavy atom. The molecule has 1 aliphatic carbocycles. The molecule has 0 fully saturated rings. The second-order valence-corrected chi connectivity index (χ2v) is 6.30. The molecule has 1 amide bonds. The van der Waals surface area contributed by atoms with Gasteiger partial charge in [0.1, 0.15) is 5.82 Å². The van der Waals surface area contributed by atoms with Crippen molar-refractivity contribution in [1.82, 2.24) is 15.6 Å². The Hall–Kier alpha value is -2.37. The number of allylic oxidation sites excluding steroid dienone is 1. The van der Waals surface area contributed by atoms with E-state index in [0.717, 1.165) is 24.5 Å². The molecule has 1 aliphatic rings. The van der Waals surface area contributed by atoms with Crippen molar-refractivity contribution < 1.29 is 4.79 Å². The number of anilines is 1. The van der Waals surface area contributed by atoms with E-state index < -0.39 is 0 Å². The fourth-order valence-electron chi connectivity index (χ4n) is 2.74. The predicted octanol–water partition coefficient (Wildman–Crippen LogP) is 2.77. The summed E-state index contributed by atoms with van der Waals surface area (Å²) in [5.74, 6) is 1.25. The smallest absolute Gasteiger partial charge is 0.227 e. The van der Waals surface area contributed by atoms with Crippen molar-refractivity contribution in [3.63, 3.8) is 0 Å². The van der Waals surface area contributed by atoms with Gasteiger partial charge in [-0.25, -0.2) is 4.98 Å². The van der Waals surface area contributed by atoms with Crippen LogP contribution >= 0.6 is 0 Å². The third-order valence-corrected chi connectivity index (χ3v) is 4.17. The molecule has 6 nitrogen and oxygen atoms in total. The topological polar surface area (TPSA) is 78.4 Å². The molecule has 0 saturated heterocycles. The molecule has 25 heavy (non-hydrogen) atoms. The zero-order chi connectivity index (χ0) is 17.9. The maximum absolute atomic E-state index is 11.9. The number of pyridine rings is 1. The standard InChI is InChI=1S/C19H29N5O/c1-15-8-9-17(23-14-15)24-18(25)11-13-22-19(20-2)21-12-10-16-6-4-3-5-7-16/h6,8-9,14H,3-5,7,10-13H2,1-2H3,(H2,20,21,22)(H,23,24,25). The van der Waals surface area contributed by atoms with E-state index in [-0.39, 0.29) is 5.91 Å². The fourth-order valence-corrected chi connectivity index (χ4v) is 2.74. The molecule has 0 aromatic carbocycles. The van der Waals surface area contributed by atoms with E-state index in [1.807, 2.05) is 13.0 Å². The molecule has 0 unspecified atom stereocenters. The molecule has 1 aromatic rings. The summed E-state index contributed by atoms with van der Waals surface area (Å²) in [4.78, 5) is 20.3. The summed E-state index contributed by atoms with van der Waals surface area (Å²) in [6.45, 7) is 3.36. The van der Waals surface area contributed by atoms with Crippen LogP contribution in [-0.4, -0.2) is 37.0 Å². The molecular formula is C19H29N5O. The van der Waals surface area contributed by atoms with Crippen molar-refractivity contribution in [3.8, 4) is 0 Å². The average Bonchev–Trinajstić information content (AvgIpc) is 2.63. The molecule has 0 bridgehead atoms. The number of hydrogen-bond donors (Lipinski definition) is 3. The lowest BCUT2D eigenvalue weighted by Gasteiger charge is -2.15. The number of carbonyl (C=O) groups is 1. The molecule has 1 aromatic heterocycles. The second kappa shape index (κ2) is 10.5. The molecule has 0 saturated carbocycles. The van der Waals surface area contributed by atoms with Crippen molar-refractivity contribution >= 4 is 17.7 Å². The number of nitrogens with one attached hydrogen (secondary N) is 3. The van der Waals surface area contributed by atoms with Crippen LogP contribution in [0, 0.1) is 6.92 Å². The number of hydrogen-bond acceptors (Lipinski definition) is 3. The summed E-state index contributed by atoms with van der Waals surface area (Å²) < 4.78 is 0. The minimum absolute atomic E-state index is 0.0633. The number of nitrogens with zero attached hydrogens (tertiary/aromatic N) is 2. The first-order chi connectivity index (χ1) is 12.2. The summed E-state index contributed by atoms with van der Waals surface area (Å²) in [6.07, 6.45) is 10.6. The molecule has 0 aliphatic heterocycles. The van der Waals surface area contributed by atoms with Gasteiger partial charge in [-0.1, -0.05) is 17.7 Å². The summed E-state index contributed by atoms with van der Waals surface area (Å²) in [5.41, 5.74) is 2.61. The van der Waals surface area contributed by atoms with Crippen LogP contribution in [0.1, 0.15) is 44.1 Å². The quantitative estimate of drug-likeness (QED) is 0.404. The van der Waals surface area contributed by atoms with E-state index in [9.17, 15) is 4.79 Å². The number of guanidine groups is 1. The number of carbonyl (C=O) groups excluding carboxylic acids is 1. The van der Waals surface area contributed by atoms with E-state index >= 15 is 0 Å². The normalized spacial score (nSPS) is 14.6. The first kappa shape index (κ1) is 19.0. The van der Waals surface area contributed by atoms with Gasteiger partial charge in [0.25, 0.3) is 0 Å². The van der Waals surface area contributed by atoms with Crippen molar-refractivity contribution in [3.05, 3.63) is 35.5 Å². The third-order valence-electron chi connectivity index (χ3n) is 4.17. The van der Waals surface area contributed by atoms with Crippen molar-refractivity contribution in [2.45, 2.75) is 45.4 Å². The first-order valence-electron chi connectivity index (χ1n) is 9.02. The summed E-state index contributed by atoms with van der Waals surface area (Å²) in [5, 5.41) is 9.26. The Morgan fingerprint density at radius 3 is 2.76 bits per heavy atom. The highest BCUT2D eigenvalue weighted by atomic mass is 16.1. The van der Waals surface area contributed by atoms with E-state index in [2.05, 4.69) is 32.0 Å². The van der Waals surface area contributed by atoms with Gasteiger partial charge in [0.05, 0.1) is 0 Å². The van der Waals surface area contributed by atoms with Gasteiger partial charge in [-0.05, 0) is 50.7 Å². The van der Waals surface area contributed by atoms with Gasteiger partial charge < -0.3 is 16.0 Å². The lowest BCUT2D eigenvalue weighted by Crippen LogP contribution is -2.39. The van der Waals surface area contributed by atoms with Crippen LogP contribution in [0.15, 0.2) is 35.0 Å². The van der Waals surface area contributed by atoms with Crippen LogP contribution in [0.4, 0.5) is 5.82 Å². The number of aryl methyl sites for hydroxylation is 1. The fraction of sp³-hybridized carbons (Fsp3) is 0.526. The zero-order valence-electron chi connectivity index (χ0n) is 15.3. The van der Waals surface area contributed by atoms with E-state index in [1.165, 1.54) is 25.7 Å². The number of rotatable bonds is 7. The second-order valence-electron chi connectivity index (χ2n) is 6.30.